The standard InChI is InChI=1S/C18H32N2O8S/c1-17(2,3)13(19-16(23)27-18(4,5)6)14(21)20-10-11(28-29(8,24)25)9-12(20)15(22)26-7/h11-13H,9-10H2,1-8H3,(H,19,23)/t11-,12-,13+/m0/s1. The third kappa shape index (κ3) is 7.81. The number of ether oxygens (including phenoxy) is 2. The van der Waals surface area contributed by atoms with Gasteiger partial charge in [-0.1, -0.05) is 20.8 Å². The number of alkyl carbamates (subject to hydrolysis) is 1. The van der Waals surface area contributed by atoms with E-state index in [4.69, 9.17) is 13.7 Å². The van der Waals surface area contributed by atoms with E-state index in [1.165, 1.54) is 12.0 Å². The Bertz CT molecular complexity index is 736. The molecule has 0 saturated carbocycles. The monoisotopic (exact) mass is 436 g/mol. The normalized spacial score (nSPS) is 21.4. The van der Waals surface area contributed by atoms with Gasteiger partial charge in [0.15, 0.2) is 0 Å². The van der Waals surface area contributed by atoms with Crippen molar-refractivity contribution in [2.75, 3.05) is 19.9 Å². The van der Waals surface area contributed by atoms with Crippen LogP contribution < -0.4 is 5.32 Å². The Balaban J connectivity index is 3.13. The summed E-state index contributed by atoms with van der Waals surface area (Å²) in [7, 11) is -2.60. The molecule has 1 aliphatic heterocycles. The van der Waals surface area contributed by atoms with Crippen LogP contribution in [0.3, 0.4) is 0 Å². The van der Waals surface area contributed by atoms with Gasteiger partial charge in [0.05, 0.1) is 19.5 Å². The van der Waals surface area contributed by atoms with E-state index < -0.39 is 57.3 Å². The maximum atomic E-state index is 13.3. The number of esters is 1. The fourth-order valence-electron chi connectivity index (χ4n) is 2.96. The van der Waals surface area contributed by atoms with Crippen LogP contribution in [0.5, 0.6) is 0 Å². The molecule has 0 aromatic rings. The topological polar surface area (TPSA) is 128 Å². The van der Waals surface area contributed by atoms with Gasteiger partial charge in [-0.05, 0) is 26.2 Å². The summed E-state index contributed by atoms with van der Waals surface area (Å²) in [6.07, 6.45) is -0.801. The van der Waals surface area contributed by atoms with Gasteiger partial charge in [-0.2, -0.15) is 8.42 Å². The summed E-state index contributed by atoms with van der Waals surface area (Å²) < 4.78 is 37.9. The molecule has 0 aromatic carbocycles. The zero-order chi connectivity index (χ0) is 22.8. The lowest BCUT2D eigenvalue weighted by molar-refractivity contribution is -0.152. The highest BCUT2D eigenvalue weighted by atomic mass is 32.2. The molecule has 0 aliphatic carbocycles. The molecule has 11 heteroatoms. The summed E-state index contributed by atoms with van der Waals surface area (Å²) in [6.45, 7) is 10.2. The van der Waals surface area contributed by atoms with Crippen LogP contribution in [0.1, 0.15) is 48.0 Å². The van der Waals surface area contributed by atoms with Crippen molar-refractivity contribution < 1.29 is 36.5 Å². The summed E-state index contributed by atoms with van der Waals surface area (Å²) in [5, 5.41) is 2.57. The van der Waals surface area contributed by atoms with Crippen LogP contribution in [0.2, 0.25) is 0 Å². The molecule has 0 radical (unpaired) electrons. The summed E-state index contributed by atoms with van der Waals surface area (Å²) in [5.74, 6) is -1.25. The molecule has 0 unspecified atom stereocenters. The molecule has 10 nitrogen and oxygen atoms in total. The molecular weight excluding hydrogens is 404 g/mol. The second-order valence-corrected chi connectivity index (χ2v) is 10.7. The van der Waals surface area contributed by atoms with Crippen LogP contribution in [-0.4, -0.2) is 75.0 Å². The highest BCUT2D eigenvalue weighted by molar-refractivity contribution is 7.86. The van der Waals surface area contributed by atoms with Gasteiger partial charge in [0.1, 0.15) is 17.7 Å². The SMILES string of the molecule is COC(=O)[C@@H]1C[C@H](OS(C)(=O)=O)CN1C(=O)[C@@H](NC(=O)OC(C)(C)C)C(C)(C)C. The van der Waals surface area contributed by atoms with Crippen molar-refractivity contribution in [1.82, 2.24) is 10.2 Å². The highest BCUT2D eigenvalue weighted by Crippen LogP contribution is 2.28. The molecule has 3 atom stereocenters. The van der Waals surface area contributed by atoms with Gasteiger partial charge in [-0.25, -0.2) is 9.59 Å². The van der Waals surface area contributed by atoms with Crippen LogP contribution >= 0.6 is 0 Å². The highest BCUT2D eigenvalue weighted by Gasteiger charge is 2.46. The van der Waals surface area contributed by atoms with Crippen molar-refractivity contribution in [3.63, 3.8) is 0 Å². The van der Waals surface area contributed by atoms with Crippen LogP contribution in [0.4, 0.5) is 4.79 Å². The first-order valence-corrected chi connectivity index (χ1v) is 11.0. The zero-order valence-electron chi connectivity index (χ0n) is 18.3. The van der Waals surface area contributed by atoms with E-state index in [0.717, 1.165) is 6.26 Å². The molecule has 0 bridgehead atoms. The molecule has 29 heavy (non-hydrogen) atoms. The van der Waals surface area contributed by atoms with E-state index in [-0.39, 0.29) is 13.0 Å². The van der Waals surface area contributed by atoms with Gasteiger partial charge in [0.25, 0.3) is 10.1 Å². The minimum atomic E-state index is -3.78. The molecule has 1 heterocycles. The number of carbonyl (C=O) groups excluding carboxylic acids is 3. The van der Waals surface area contributed by atoms with Crippen LogP contribution in [0, 0.1) is 5.41 Å². The molecule has 1 rings (SSSR count). The van der Waals surface area contributed by atoms with Crippen LogP contribution in [-0.2, 0) is 33.4 Å². The van der Waals surface area contributed by atoms with E-state index in [1.54, 1.807) is 41.5 Å². The van der Waals surface area contributed by atoms with Gasteiger partial charge in [-0.15, -0.1) is 0 Å². The zero-order valence-corrected chi connectivity index (χ0v) is 19.1. The van der Waals surface area contributed by atoms with E-state index in [1.807, 2.05) is 0 Å². The van der Waals surface area contributed by atoms with Gasteiger partial charge in [0.2, 0.25) is 5.91 Å². The predicted octanol–water partition coefficient (Wildman–Crippen LogP) is 1.04. The largest absolute Gasteiger partial charge is 0.467 e. The number of nitrogens with zero attached hydrogens (tertiary/aromatic N) is 1. The Morgan fingerprint density at radius 1 is 1.10 bits per heavy atom. The van der Waals surface area contributed by atoms with Crippen molar-refractivity contribution >= 4 is 28.1 Å². The molecule has 0 aromatic heterocycles. The van der Waals surface area contributed by atoms with Gasteiger partial charge >= 0.3 is 12.1 Å². The number of methoxy groups -OCH3 is 1. The van der Waals surface area contributed by atoms with E-state index in [9.17, 15) is 22.8 Å². The minimum Gasteiger partial charge on any atom is -0.467 e. The number of amides is 2. The smallest absolute Gasteiger partial charge is 0.408 e. The van der Waals surface area contributed by atoms with Gasteiger partial charge in [-0.3, -0.25) is 8.98 Å². The first-order valence-electron chi connectivity index (χ1n) is 9.20. The number of hydrogen-bond acceptors (Lipinski definition) is 8. The Morgan fingerprint density at radius 2 is 1.66 bits per heavy atom. The third-order valence-corrected chi connectivity index (χ3v) is 4.73. The molecular formula is C18H32N2O8S. The second kappa shape index (κ2) is 8.86. The maximum absolute atomic E-state index is 13.3. The fourth-order valence-corrected chi connectivity index (χ4v) is 3.59. The van der Waals surface area contributed by atoms with Crippen molar-refractivity contribution in [2.24, 2.45) is 5.41 Å². The van der Waals surface area contributed by atoms with Crippen LogP contribution in [0.15, 0.2) is 0 Å². The van der Waals surface area contributed by atoms with Crippen molar-refractivity contribution in [3.05, 3.63) is 0 Å². The summed E-state index contributed by atoms with van der Waals surface area (Å²) in [5.41, 5.74) is -1.48. The average Bonchev–Trinajstić information content (AvgIpc) is 2.90. The van der Waals surface area contributed by atoms with Gasteiger partial charge in [0, 0.05) is 13.0 Å². The molecule has 1 N–H and O–H groups in total. The van der Waals surface area contributed by atoms with E-state index in [2.05, 4.69) is 5.32 Å². The lowest BCUT2D eigenvalue weighted by Gasteiger charge is -2.35. The fraction of sp³-hybridized carbons (Fsp3) is 0.833. The maximum Gasteiger partial charge on any atom is 0.408 e. The number of nitrogens with one attached hydrogen (secondary N) is 1. The average molecular weight is 437 g/mol. The second-order valence-electron chi connectivity index (χ2n) is 9.13. The number of hydrogen-bond donors (Lipinski definition) is 1. The lowest BCUT2D eigenvalue weighted by Crippen LogP contribution is -2.57. The van der Waals surface area contributed by atoms with E-state index >= 15 is 0 Å². The Kier molecular flexibility index (Phi) is 7.69. The van der Waals surface area contributed by atoms with Crippen LogP contribution in [0.25, 0.3) is 0 Å². The van der Waals surface area contributed by atoms with Crippen molar-refractivity contribution in [2.45, 2.75) is 71.8 Å². The summed E-state index contributed by atoms with van der Waals surface area (Å²) >= 11 is 0. The Hall–Kier alpha value is -1.88. The number of likely N-dealkylation sites (tertiary alicyclic amines) is 1. The molecule has 168 valence electrons. The lowest BCUT2D eigenvalue weighted by atomic mass is 9.85. The number of carbonyl (C=O) groups is 3. The first-order chi connectivity index (χ1) is 12.9. The first kappa shape index (κ1) is 25.2. The quantitative estimate of drug-likeness (QED) is 0.500. The molecule has 1 saturated heterocycles. The predicted molar refractivity (Wildman–Crippen MR) is 104 cm³/mol. The Morgan fingerprint density at radius 3 is 2.07 bits per heavy atom. The minimum absolute atomic E-state index is 0.0330. The number of rotatable bonds is 5. The molecule has 1 aliphatic rings. The molecule has 0 spiro atoms. The third-order valence-electron chi connectivity index (χ3n) is 4.10. The van der Waals surface area contributed by atoms with Gasteiger partial charge < -0.3 is 19.7 Å². The van der Waals surface area contributed by atoms with Crippen molar-refractivity contribution in [3.8, 4) is 0 Å². The molecule has 2 amide bonds. The summed E-state index contributed by atoms with van der Waals surface area (Å²) in [6, 6.07) is -2.05. The van der Waals surface area contributed by atoms with Crippen molar-refractivity contribution in [1.29, 1.82) is 0 Å². The molecule has 1 fully saturated rings. The summed E-state index contributed by atoms with van der Waals surface area (Å²) in [4.78, 5) is 38.9. The Labute approximate surface area is 172 Å². The van der Waals surface area contributed by atoms with E-state index in [0.29, 0.717) is 0 Å².